The SMILES string of the molecule is Cc1cc(CS(C)=O)c(O)c2c1C[C@H]1C[C@H]3[C@H](N(C)C)C(=O)C(C(N)=O)=C(O)[C@@]3(O)C(=O)C1=C2O. The number of primary amides is 1. The molecule has 1 fully saturated rings. The third-order valence-corrected chi connectivity index (χ3v) is 8.10. The molecule has 1 amide bonds. The van der Waals surface area contributed by atoms with Gasteiger partial charge in [0.2, 0.25) is 5.78 Å². The number of benzene rings is 1. The maximum absolute atomic E-state index is 13.8. The number of aliphatic hydroxyl groups excluding tert-OH is 2. The highest BCUT2D eigenvalue weighted by Crippen LogP contribution is 2.53. The number of nitrogens with two attached hydrogens (primary N) is 1. The average Bonchev–Trinajstić information content (AvgIpc) is 2.73. The fourth-order valence-corrected chi connectivity index (χ4v) is 6.55. The number of phenolic OH excluding ortho intramolecular Hbond substituents is 1. The molecule has 35 heavy (non-hydrogen) atoms. The van der Waals surface area contributed by atoms with Crippen molar-refractivity contribution in [3.8, 4) is 5.75 Å². The molecule has 188 valence electrons. The van der Waals surface area contributed by atoms with E-state index in [1.807, 2.05) is 0 Å². The third kappa shape index (κ3) is 3.44. The number of likely N-dealkylation sites (N-methyl/N-ethyl adjacent to an activating group) is 1. The molecule has 11 heteroatoms. The van der Waals surface area contributed by atoms with Crippen LogP contribution in [0.5, 0.6) is 5.75 Å². The monoisotopic (exact) mass is 504 g/mol. The zero-order valence-electron chi connectivity index (χ0n) is 19.8. The molecule has 0 heterocycles. The molecule has 0 bridgehead atoms. The summed E-state index contributed by atoms with van der Waals surface area (Å²) in [5.74, 6) is -6.81. The highest BCUT2D eigenvalue weighted by Gasteiger charge is 2.64. The lowest BCUT2D eigenvalue weighted by Crippen LogP contribution is -2.65. The lowest BCUT2D eigenvalue weighted by Gasteiger charge is -2.50. The molecular formula is C24H28N2O8S. The Hall–Kier alpha value is -3.02. The van der Waals surface area contributed by atoms with E-state index in [0.717, 1.165) is 5.56 Å². The normalized spacial score (nSPS) is 29.1. The molecule has 0 saturated heterocycles. The van der Waals surface area contributed by atoms with Crippen molar-refractivity contribution >= 4 is 34.0 Å². The second-order valence-electron chi connectivity index (χ2n) is 9.73. The number of amides is 1. The summed E-state index contributed by atoms with van der Waals surface area (Å²) in [4.78, 5) is 40.3. The first-order chi connectivity index (χ1) is 16.2. The fraction of sp³-hybridized carbons (Fsp3) is 0.458. The van der Waals surface area contributed by atoms with Crippen molar-refractivity contribution in [1.82, 2.24) is 4.90 Å². The molecule has 4 rings (SSSR count). The molecule has 0 aromatic heterocycles. The van der Waals surface area contributed by atoms with E-state index < -0.39 is 68.8 Å². The summed E-state index contributed by atoms with van der Waals surface area (Å²) < 4.78 is 11.8. The zero-order chi connectivity index (χ0) is 26.1. The largest absolute Gasteiger partial charge is 0.508 e. The summed E-state index contributed by atoms with van der Waals surface area (Å²) in [6.07, 6.45) is 1.73. The summed E-state index contributed by atoms with van der Waals surface area (Å²) in [6, 6.07) is 0.568. The predicted octanol–water partition coefficient (Wildman–Crippen LogP) is 0.151. The van der Waals surface area contributed by atoms with Gasteiger partial charge in [-0.2, -0.15) is 0 Å². The van der Waals surface area contributed by atoms with E-state index in [9.17, 15) is 39.0 Å². The smallest absolute Gasteiger partial charge is 0.255 e. The summed E-state index contributed by atoms with van der Waals surface area (Å²) in [6.45, 7) is 1.78. The van der Waals surface area contributed by atoms with Gasteiger partial charge in [0.05, 0.1) is 17.4 Å². The van der Waals surface area contributed by atoms with Gasteiger partial charge in [0.1, 0.15) is 22.8 Å². The number of hydrogen-bond donors (Lipinski definition) is 5. The molecular weight excluding hydrogens is 476 g/mol. The first kappa shape index (κ1) is 25.1. The second kappa shape index (κ2) is 8.28. The number of hydrogen-bond acceptors (Lipinski definition) is 9. The molecule has 1 unspecified atom stereocenters. The summed E-state index contributed by atoms with van der Waals surface area (Å²) >= 11 is 0. The van der Waals surface area contributed by atoms with Crippen LogP contribution in [0.25, 0.3) is 5.76 Å². The van der Waals surface area contributed by atoms with Crippen LogP contribution in [0.4, 0.5) is 0 Å². The van der Waals surface area contributed by atoms with Crippen LogP contribution in [-0.4, -0.2) is 79.0 Å². The first-order valence-corrected chi connectivity index (χ1v) is 12.7. The van der Waals surface area contributed by atoms with E-state index in [-0.39, 0.29) is 35.5 Å². The van der Waals surface area contributed by atoms with E-state index in [4.69, 9.17) is 5.73 Å². The lowest BCUT2D eigenvalue weighted by atomic mass is 9.57. The highest BCUT2D eigenvalue weighted by molar-refractivity contribution is 7.83. The number of carbonyl (C=O) groups excluding carboxylic acids is 3. The Morgan fingerprint density at radius 3 is 2.43 bits per heavy atom. The zero-order valence-corrected chi connectivity index (χ0v) is 20.6. The molecule has 3 aliphatic rings. The van der Waals surface area contributed by atoms with Gasteiger partial charge < -0.3 is 26.2 Å². The van der Waals surface area contributed by atoms with Gasteiger partial charge in [-0.1, -0.05) is 6.07 Å². The van der Waals surface area contributed by atoms with Crippen LogP contribution in [0.3, 0.4) is 0 Å². The van der Waals surface area contributed by atoms with Gasteiger partial charge in [0, 0.05) is 34.1 Å². The Morgan fingerprint density at radius 2 is 1.89 bits per heavy atom. The number of fused-ring (bicyclic) bond motifs is 3. The van der Waals surface area contributed by atoms with Gasteiger partial charge in [-0.15, -0.1) is 0 Å². The molecule has 6 N–H and O–H groups in total. The van der Waals surface area contributed by atoms with Gasteiger partial charge in [-0.05, 0) is 50.9 Å². The number of nitrogens with zero attached hydrogens (tertiary/aromatic N) is 1. The minimum absolute atomic E-state index is 0.0155. The van der Waals surface area contributed by atoms with Crippen molar-refractivity contribution in [1.29, 1.82) is 0 Å². The number of aliphatic hydroxyl groups is 3. The first-order valence-electron chi connectivity index (χ1n) is 11.0. The van der Waals surface area contributed by atoms with E-state index in [1.165, 1.54) is 11.2 Å². The van der Waals surface area contributed by atoms with Crippen LogP contribution in [0.2, 0.25) is 0 Å². The summed E-state index contributed by atoms with van der Waals surface area (Å²) in [5.41, 5.74) is 3.26. The van der Waals surface area contributed by atoms with Gasteiger partial charge in [-0.3, -0.25) is 23.5 Å². The van der Waals surface area contributed by atoms with E-state index in [1.54, 1.807) is 27.1 Å². The van der Waals surface area contributed by atoms with Crippen LogP contribution >= 0.6 is 0 Å². The standard InChI is InChI=1S/C24H28N2O8S/c1-9-5-11(8-35(4)34)18(27)15-12(9)6-10-7-13-17(26(2)3)20(29)16(23(25)32)22(31)24(13,33)21(30)14(10)19(15)28/h5,10,13,17,27-28,31,33H,6-8H2,1-4H3,(H2,25,32)/t10-,13-,17-,24-,35?/m0/s1. The van der Waals surface area contributed by atoms with Gasteiger partial charge in [-0.25, -0.2) is 0 Å². The summed E-state index contributed by atoms with van der Waals surface area (Å²) in [5, 5.41) is 44.5. The van der Waals surface area contributed by atoms with Crippen LogP contribution < -0.4 is 5.73 Å². The van der Waals surface area contributed by atoms with E-state index in [0.29, 0.717) is 11.1 Å². The minimum atomic E-state index is -2.67. The quantitative estimate of drug-likeness (QED) is 0.357. The Morgan fingerprint density at radius 1 is 1.26 bits per heavy atom. The van der Waals surface area contributed by atoms with E-state index >= 15 is 0 Å². The molecule has 10 nitrogen and oxygen atoms in total. The van der Waals surface area contributed by atoms with Crippen LogP contribution in [0, 0.1) is 18.8 Å². The Bertz CT molecular complexity index is 1280. The number of rotatable bonds is 4. The number of aromatic hydroxyl groups is 1. The maximum atomic E-state index is 13.8. The Labute approximate surface area is 204 Å². The van der Waals surface area contributed by atoms with Gasteiger partial charge in [0.25, 0.3) is 5.91 Å². The second-order valence-corrected chi connectivity index (χ2v) is 11.2. The van der Waals surface area contributed by atoms with Crippen LogP contribution in [0.1, 0.15) is 28.7 Å². The number of Topliss-reactive ketones (excluding diaryl/α,β-unsaturated/α-hetero) is 2. The van der Waals surface area contributed by atoms with E-state index in [2.05, 4.69) is 0 Å². The molecule has 3 aliphatic carbocycles. The van der Waals surface area contributed by atoms with Crippen molar-refractivity contribution < 1.29 is 39.0 Å². The third-order valence-electron chi connectivity index (χ3n) is 7.38. The number of carbonyl (C=O) groups is 3. The van der Waals surface area contributed by atoms with Crippen LogP contribution in [-0.2, 0) is 37.4 Å². The molecule has 0 aliphatic heterocycles. The van der Waals surface area contributed by atoms with Crippen molar-refractivity contribution in [2.24, 2.45) is 17.6 Å². The molecule has 0 radical (unpaired) electrons. The molecule has 5 atom stereocenters. The average molecular weight is 505 g/mol. The topological polar surface area (TPSA) is 178 Å². The summed E-state index contributed by atoms with van der Waals surface area (Å²) in [7, 11) is 1.82. The molecule has 1 aromatic rings. The Balaban J connectivity index is 1.97. The van der Waals surface area contributed by atoms with Crippen LogP contribution in [0.15, 0.2) is 23.0 Å². The molecule has 0 spiro atoms. The van der Waals surface area contributed by atoms with Crippen molar-refractivity contribution in [3.05, 3.63) is 45.2 Å². The van der Waals surface area contributed by atoms with Crippen molar-refractivity contribution in [2.75, 3.05) is 20.4 Å². The fourth-order valence-electron chi connectivity index (χ4n) is 5.90. The maximum Gasteiger partial charge on any atom is 0.255 e. The lowest BCUT2D eigenvalue weighted by molar-refractivity contribution is -0.153. The van der Waals surface area contributed by atoms with Gasteiger partial charge >= 0.3 is 0 Å². The number of aryl methyl sites for hydroxylation is 1. The minimum Gasteiger partial charge on any atom is -0.508 e. The number of ketones is 2. The van der Waals surface area contributed by atoms with Gasteiger partial charge in [0.15, 0.2) is 11.4 Å². The predicted molar refractivity (Wildman–Crippen MR) is 127 cm³/mol. The highest BCUT2D eigenvalue weighted by atomic mass is 32.2. The number of phenols is 1. The molecule has 1 aromatic carbocycles. The molecule has 1 saturated carbocycles. The van der Waals surface area contributed by atoms with Crippen molar-refractivity contribution in [2.45, 2.75) is 37.2 Å². The Kier molecular flexibility index (Phi) is 5.94. The van der Waals surface area contributed by atoms with Crippen molar-refractivity contribution in [3.63, 3.8) is 0 Å².